The Kier molecular flexibility index (Phi) is 4.20. The van der Waals surface area contributed by atoms with Crippen molar-refractivity contribution in [1.82, 2.24) is 15.1 Å². The molecule has 26 heavy (non-hydrogen) atoms. The highest BCUT2D eigenvalue weighted by Crippen LogP contribution is 2.26. The van der Waals surface area contributed by atoms with Gasteiger partial charge in [-0.2, -0.15) is 5.10 Å². The molecule has 3 heterocycles. The van der Waals surface area contributed by atoms with Gasteiger partial charge >= 0.3 is 11.7 Å². The van der Waals surface area contributed by atoms with Crippen LogP contribution in [0.25, 0.3) is 11.0 Å². The fourth-order valence-electron chi connectivity index (χ4n) is 3.51. The number of aromatic nitrogens is 2. The highest BCUT2D eigenvalue weighted by Gasteiger charge is 2.25. The molecule has 0 spiro atoms. The molecule has 2 amide bonds. The van der Waals surface area contributed by atoms with Crippen LogP contribution in [-0.2, 0) is 0 Å². The number of rotatable bonds is 2. The molecule has 1 aromatic carbocycles. The second-order valence-electron chi connectivity index (χ2n) is 6.69. The third-order valence-corrected chi connectivity index (χ3v) is 4.87. The molecule has 2 aromatic heterocycles. The summed E-state index contributed by atoms with van der Waals surface area (Å²) in [6.07, 6.45) is 3.72. The molecule has 3 aromatic rings. The number of amides is 2. The summed E-state index contributed by atoms with van der Waals surface area (Å²) in [5.74, 6) is 0.272. The molecular weight excluding hydrogens is 332 g/mol. The number of benzene rings is 1. The van der Waals surface area contributed by atoms with E-state index in [1.807, 2.05) is 30.0 Å². The van der Waals surface area contributed by atoms with Crippen molar-refractivity contribution in [2.75, 3.05) is 18.4 Å². The van der Waals surface area contributed by atoms with E-state index in [2.05, 4.69) is 15.5 Å². The number of urea groups is 1. The maximum absolute atomic E-state index is 12.6. The maximum atomic E-state index is 12.6. The summed E-state index contributed by atoms with van der Waals surface area (Å²) in [6, 6.07) is 8.64. The summed E-state index contributed by atoms with van der Waals surface area (Å²) in [7, 11) is 0. The van der Waals surface area contributed by atoms with Crippen LogP contribution < -0.4 is 10.9 Å². The normalized spacial score (nSPS) is 17.4. The Morgan fingerprint density at radius 1 is 1.35 bits per heavy atom. The zero-order chi connectivity index (χ0) is 18.1. The molecule has 0 radical (unpaired) electrons. The molecule has 1 fully saturated rings. The first kappa shape index (κ1) is 16.4. The molecule has 4 rings (SSSR count). The van der Waals surface area contributed by atoms with E-state index in [-0.39, 0.29) is 11.9 Å². The summed E-state index contributed by atoms with van der Waals surface area (Å²) in [5, 5.41) is 10.8. The Labute approximate surface area is 150 Å². The molecule has 1 aliphatic heterocycles. The molecule has 1 unspecified atom stereocenters. The van der Waals surface area contributed by atoms with Crippen molar-refractivity contribution in [2.45, 2.75) is 25.7 Å². The number of anilines is 1. The van der Waals surface area contributed by atoms with Gasteiger partial charge in [-0.1, -0.05) is 0 Å². The van der Waals surface area contributed by atoms with Gasteiger partial charge < -0.3 is 14.6 Å². The van der Waals surface area contributed by atoms with Gasteiger partial charge in [0.05, 0.1) is 0 Å². The van der Waals surface area contributed by atoms with E-state index >= 15 is 0 Å². The number of nitrogens with one attached hydrogen (secondary N) is 2. The molecule has 7 nitrogen and oxygen atoms in total. The fraction of sp³-hybridized carbons (Fsp3) is 0.316. The van der Waals surface area contributed by atoms with E-state index in [4.69, 9.17) is 4.42 Å². The Bertz CT molecular complexity index is 994. The molecule has 134 valence electrons. The highest BCUT2D eigenvalue weighted by molar-refractivity contribution is 5.92. The van der Waals surface area contributed by atoms with Crippen LogP contribution >= 0.6 is 0 Å². The van der Waals surface area contributed by atoms with Crippen LogP contribution in [0.4, 0.5) is 10.5 Å². The first-order valence-corrected chi connectivity index (χ1v) is 8.70. The zero-order valence-corrected chi connectivity index (χ0v) is 14.5. The predicted molar refractivity (Wildman–Crippen MR) is 98.4 cm³/mol. The van der Waals surface area contributed by atoms with Crippen LogP contribution in [0.3, 0.4) is 0 Å². The third-order valence-electron chi connectivity index (χ3n) is 4.87. The standard InChI is InChI=1S/C19H20N4O3/c1-12-9-18(24)26-17-10-14(4-5-15(12)17)21-19(25)23-8-2-3-13(11-23)16-6-7-20-22-16/h4-7,9-10,13H,2-3,8,11H2,1H3,(H,20,22)(H,21,25). The van der Waals surface area contributed by atoms with Crippen LogP contribution in [0.2, 0.25) is 0 Å². The van der Waals surface area contributed by atoms with Gasteiger partial charge in [0.2, 0.25) is 0 Å². The first-order valence-electron chi connectivity index (χ1n) is 8.70. The molecule has 0 saturated carbocycles. The zero-order valence-electron chi connectivity index (χ0n) is 14.5. The van der Waals surface area contributed by atoms with Gasteiger partial charge in [-0.25, -0.2) is 9.59 Å². The number of H-pyrrole nitrogens is 1. The van der Waals surface area contributed by atoms with Gasteiger partial charge in [0, 0.05) is 54.1 Å². The predicted octanol–water partition coefficient (Wildman–Crippen LogP) is 3.24. The van der Waals surface area contributed by atoms with Crippen molar-refractivity contribution in [3.05, 3.63) is 58.2 Å². The second-order valence-corrected chi connectivity index (χ2v) is 6.69. The first-order chi connectivity index (χ1) is 12.6. The Morgan fingerprint density at radius 2 is 2.23 bits per heavy atom. The number of nitrogens with zero attached hydrogens (tertiary/aromatic N) is 2. The summed E-state index contributed by atoms with van der Waals surface area (Å²) in [6.45, 7) is 3.23. The number of likely N-dealkylation sites (tertiary alicyclic amines) is 1. The number of aromatic amines is 1. The number of hydrogen-bond donors (Lipinski definition) is 2. The monoisotopic (exact) mass is 352 g/mol. The maximum Gasteiger partial charge on any atom is 0.336 e. The minimum atomic E-state index is -0.392. The lowest BCUT2D eigenvalue weighted by Gasteiger charge is -2.32. The summed E-state index contributed by atoms with van der Waals surface area (Å²) in [5.41, 5.74) is 2.61. The van der Waals surface area contributed by atoms with Crippen molar-refractivity contribution >= 4 is 22.7 Å². The van der Waals surface area contributed by atoms with Gasteiger partial charge in [0.15, 0.2) is 0 Å². The van der Waals surface area contributed by atoms with Crippen molar-refractivity contribution in [3.8, 4) is 0 Å². The lowest BCUT2D eigenvalue weighted by Crippen LogP contribution is -2.41. The highest BCUT2D eigenvalue weighted by atomic mass is 16.4. The van der Waals surface area contributed by atoms with E-state index in [9.17, 15) is 9.59 Å². The van der Waals surface area contributed by atoms with Gasteiger partial charge in [0.25, 0.3) is 0 Å². The van der Waals surface area contributed by atoms with E-state index in [1.165, 1.54) is 6.07 Å². The summed E-state index contributed by atoms with van der Waals surface area (Å²) in [4.78, 5) is 26.0. The minimum absolute atomic E-state index is 0.149. The molecular formula is C19H20N4O3. The SMILES string of the molecule is Cc1cc(=O)oc2cc(NC(=O)N3CCCC(c4ccn[nH]4)C3)ccc12. The largest absolute Gasteiger partial charge is 0.423 e. The van der Waals surface area contributed by atoms with Crippen LogP contribution in [0.15, 0.2) is 45.7 Å². The lowest BCUT2D eigenvalue weighted by atomic mass is 9.95. The molecule has 0 bridgehead atoms. The third kappa shape index (κ3) is 3.20. The van der Waals surface area contributed by atoms with Gasteiger partial charge in [0.1, 0.15) is 5.58 Å². The molecule has 1 atom stereocenters. The molecule has 1 saturated heterocycles. The smallest absolute Gasteiger partial charge is 0.336 e. The molecule has 2 N–H and O–H groups in total. The van der Waals surface area contributed by atoms with Crippen molar-refractivity contribution in [3.63, 3.8) is 0 Å². The van der Waals surface area contributed by atoms with E-state index in [1.54, 1.807) is 12.3 Å². The number of carbonyl (C=O) groups excluding carboxylic acids is 1. The summed E-state index contributed by atoms with van der Waals surface area (Å²) < 4.78 is 5.24. The number of fused-ring (bicyclic) bond motifs is 1. The van der Waals surface area contributed by atoms with Gasteiger partial charge in [-0.05, 0) is 43.5 Å². The van der Waals surface area contributed by atoms with Crippen LogP contribution in [0, 0.1) is 6.92 Å². The van der Waals surface area contributed by atoms with Crippen LogP contribution in [0.5, 0.6) is 0 Å². The van der Waals surface area contributed by atoms with Crippen LogP contribution in [0.1, 0.15) is 30.0 Å². The quantitative estimate of drug-likeness (QED) is 0.693. The Hall–Kier alpha value is -3.09. The van der Waals surface area contributed by atoms with Gasteiger partial charge in [-0.15, -0.1) is 0 Å². The minimum Gasteiger partial charge on any atom is -0.423 e. The lowest BCUT2D eigenvalue weighted by molar-refractivity contribution is 0.192. The van der Waals surface area contributed by atoms with E-state index in [0.717, 1.165) is 36.0 Å². The topological polar surface area (TPSA) is 91.2 Å². The average Bonchev–Trinajstić information content (AvgIpc) is 3.16. The number of aryl methyl sites for hydroxylation is 1. The molecule has 7 heteroatoms. The van der Waals surface area contributed by atoms with E-state index < -0.39 is 5.63 Å². The summed E-state index contributed by atoms with van der Waals surface area (Å²) >= 11 is 0. The number of carbonyl (C=O) groups is 1. The van der Waals surface area contributed by atoms with Crippen molar-refractivity contribution < 1.29 is 9.21 Å². The van der Waals surface area contributed by atoms with E-state index in [0.29, 0.717) is 17.8 Å². The Morgan fingerprint density at radius 3 is 3.04 bits per heavy atom. The van der Waals surface area contributed by atoms with Crippen LogP contribution in [-0.4, -0.2) is 34.2 Å². The molecule has 0 aliphatic carbocycles. The number of piperidine rings is 1. The van der Waals surface area contributed by atoms with Crippen molar-refractivity contribution in [2.24, 2.45) is 0 Å². The fourth-order valence-corrected chi connectivity index (χ4v) is 3.51. The molecule has 1 aliphatic rings. The Balaban J connectivity index is 1.50. The van der Waals surface area contributed by atoms with Gasteiger partial charge in [-0.3, -0.25) is 5.10 Å². The average molecular weight is 352 g/mol. The second kappa shape index (κ2) is 6.67. The van der Waals surface area contributed by atoms with Crippen molar-refractivity contribution in [1.29, 1.82) is 0 Å². The number of hydrogen-bond acceptors (Lipinski definition) is 4.